The Labute approximate surface area is 107 Å². The first-order chi connectivity index (χ1) is 8.81. The highest BCUT2D eigenvalue weighted by Gasteiger charge is 2.02. The van der Waals surface area contributed by atoms with Crippen molar-refractivity contribution in [1.82, 2.24) is 5.16 Å². The molecule has 0 unspecified atom stereocenters. The van der Waals surface area contributed by atoms with Gasteiger partial charge in [-0.15, -0.1) is 0 Å². The van der Waals surface area contributed by atoms with Crippen LogP contribution in [0.2, 0.25) is 0 Å². The van der Waals surface area contributed by atoms with E-state index in [1.54, 1.807) is 7.11 Å². The van der Waals surface area contributed by atoms with E-state index in [0.29, 0.717) is 13.2 Å². The molecule has 0 saturated carbocycles. The minimum atomic E-state index is 0.443. The highest BCUT2D eigenvalue weighted by Crippen LogP contribution is 2.13. The van der Waals surface area contributed by atoms with E-state index in [0.717, 1.165) is 29.2 Å². The molecule has 0 aliphatic heterocycles. The SMILES string of the molecule is CCc1cc(COCc2ccc(OC)cc2)on1. The van der Waals surface area contributed by atoms with Crippen LogP contribution in [0.15, 0.2) is 34.9 Å². The molecule has 18 heavy (non-hydrogen) atoms. The maximum atomic E-state index is 5.56. The van der Waals surface area contributed by atoms with E-state index in [1.165, 1.54) is 0 Å². The first-order valence-electron chi connectivity index (χ1n) is 5.97. The van der Waals surface area contributed by atoms with Crippen LogP contribution in [0.5, 0.6) is 5.75 Å². The molecule has 0 aliphatic carbocycles. The summed E-state index contributed by atoms with van der Waals surface area (Å²) in [6.45, 7) is 3.03. The second-order valence-corrected chi connectivity index (χ2v) is 3.98. The largest absolute Gasteiger partial charge is 0.497 e. The maximum Gasteiger partial charge on any atom is 0.162 e. The summed E-state index contributed by atoms with van der Waals surface area (Å²) in [6.07, 6.45) is 0.877. The Morgan fingerprint density at radius 1 is 1.17 bits per heavy atom. The van der Waals surface area contributed by atoms with Crippen molar-refractivity contribution in [1.29, 1.82) is 0 Å². The second kappa shape index (κ2) is 6.21. The van der Waals surface area contributed by atoms with Gasteiger partial charge in [0.25, 0.3) is 0 Å². The van der Waals surface area contributed by atoms with Crippen molar-refractivity contribution in [3.05, 3.63) is 47.3 Å². The lowest BCUT2D eigenvalue weighted by Crippen LogP contribution is -1.93. The lowest BCUT2D eigenvalue weighted by molar-refractivity contribution is 0.0883. The van der Waals surface area contributed by atoms with Gasteiger partial charge in [-0.1, -0.05) is 24.2 Å². The van der Waals surface area contributed by atoms with Gasteiger partial charge in [0.2, 0.25) is 0 Å². The van der Waals surface area contributed by atoms with Crippen LogP contribution in [-0.4, -0.2) is 12.3 Å². The first kappa shape index (κ1) is 12.6. The average molecular weight is 247 g/mol. The molecule has 96 valence electrons. The van der Waals surface area contributed by atoms with Crippen LogP contribution in [0.4, 0.5) is 0 Å². The summed E-state index contributed by atoms with van der Waals surface area (Å²) in [4.78, 5) is 0. The van der Waals surface area contributed by atoms with Crippen LogP contribution in [0, 0.1) is 0 Å². The number of hydrogen-bond donors (Lipinski definition) is 0. The molecule has 4 heteroatoms. The Morgan fingerprint density at radius 3 is 2.56 bits per heavy atom. The molecule has 2 rings (SSSR count). The number of benzene rings is 1. The third-order valence-corrected chi connectivity index (χ3v) is 2.64. The summed E-state index contributed by atoms with van der Waals surface area (Å²) in [5, 5.41) is 3.91. The number of ether oxygens (including phenoxy) is 2. The zero-order chi connectivity index (χ0) is 12.8. The molecule has 2 aromatic rings. The molecule has 0 bridgehead atoms. The Bertz CT molecular complexity index is 476. The van der Waals surface area contributed by atoms with Gasteiger partial charge in [0.1, 0.15) is 12.4 Å². The molecular formula is C14H17NO3. The Balaban J connectivity index is 1.80. The van der Waals surface area contributed by atoms with E-state index in [-0.39, 0.29) is 0 Å². The van der Waals surface area contributed by atoms with E-state index in [9.17, 15) is 0 Å². The summed E-state index contributed by atoms with van der Waals surface area (Å²) in [7, 11) is 1.65. The Hall–Kier alpha value is -1.81. The van der Waals surface area contributed by atoms with Crippen molar-refractivity contribution < 1.29 is 14.0 Å². The molecule has 0 saturated heterocycles. The minimum absolute atomic E-state index is 0.443. The first-order valence-corrected chi connectivity index (χ1v) is 5.97. The normalized spacial score (nSPS) is 10.6. The highest BCUT2D eigenvalue weighted by atomic mass is 16.5. The molecule has 0 atom stereocenters. The van der Waals surface area contributed by atoms with Gasteiger partial charge in [0.05, 0.1) is 19.4 Å². The van der Waals surface area contributed by atoms with Crippen molar-refractivity contribution in [2.45, 2.75) is 26.6 Å². The topological polar surface area (TPSA) is 44.5 Å². The molecule has 0 radical (unpaired) electrons. The van der Waals surface area contributed by atoms with Crippen molar-refractivity contribution >= 4 is 0 Å². The summed E-state index contributed by atoms with van der Waals surface area (Å²) in [5.41, 5.74) is 2.06. The molecule has 1 aromatic carbocycles. The second-order valence-electron chi connectivity index (χ2n) is 3.98. The van der Waals surface area contributed by atoms with Gasteiger partial charge in [-0.3, -0.25) is 0 Å². The summed E-state index contributed by atoms with van der Waals surface area (Å²) in [5.74, 6) is 1.61. The van der Waals surface area contributed by atoms with Crippen molar-refractivity contribution in [2.24, 2.45) is 0 Å². The van der Waals surface area contributed by atoms with Gasteiger partial charge < -0.3 is 14.0 Å². The van der Waals surface area contributed by atoms with Gasteiger partial charge in [0.15, 0.2) is 5.76 Å². The molecule has 4 nitrogen and oxygen atoms in total. The number of methoxy groups -OCH3 is 1. The Kier molecular flexibility index (Phi) is 4.36. The molecule has 0 N–H and O–H groups in total. The lowest BCUT2D eigenvalue weighted by Gasteiger charge is -2.03. The fourth-order valence-electron chi connectivity index (χ4n) is 1.58. The number of hydrogen-bond acceptors (Lipinski definition) is 4. The molecule has 1 aromatic heterocycles. The highest BCUT2D eigenvalue weighted by molar-refractivity contribution is 5.26. The van der Waals surface area contributed by atoms with E-state index >= 15 is 0 Å². The van der Waals surface area contributed by atoms with E-state index in [1.807, 2.05) is 37.3 Å². The van der Waals surface area contributed by atoms with Crippen LogP contribution in [-0.2, 0) is 24.4 Å². The summed E-state index contributed by atoms with van der Waals surface area (Å²) in [6, 6.07) is 9.73. The summed E-state index contributed by atoms with van der Waals surface area (Å²) < 4.78 is 15.8. The van der Waals surface area contributed by atoms with Gasteiger partial charge in [-0.25, -0.2) is 0 Å². The Morgan fingerprint density at radius 2 is 1.94 bits per heavy atom. The third-order valence-electron chi connectivity index (χ3n) is 2.64. The number of rotatable bonds is 6. The molecule has 0 spiro atoms. The van der Waals surface area contributed by atoms with Crippen LogP contribution in [0.1, 0.15) is 23.9 Å². The van der Waals surface area contributed by atoms with Crippen molar-refractivity contribution in [2.75, 3.05) is 7.11 Å². The fourth-order valence-corrected chi connectivity index (χ4v) is 1.58. The van der Waals surface area contributed by atoms with Gasteiger partial charge >= 0.3 is 0 Å². The minimum Gasteiger partial charge on any atom is -0.497 e. The average Bonchev–Trinajstić information content (AvgIpc) is 2.87. The van der Waals surface area contributed by atoms with E-state index in [2.05, 4.69) is 5.16 Å². The van der Waals surface area contributed by atoms with Crippen LogP contribution in [0.25, 0.3) is 0 Å². The quantitative estimate of drug-likeness (QED) is 0.787. The van der Waals surface area contributed by atoms with Crippen molar-refractivity contribution in [3.63, 3.8) is 0 Å². The predicted molar refractivity (Wildman–Crippen MR) is 67.4 cm³/mol. The fraction of sp³-hybridized carbons (Fsp3) is 0.357. The van der Waals surface area contributed by atoms with E-state index in [4.69, 9.17) is 14.0 Å². The molecule has 0 aliphatic rings. The number of aryl methyl sites for hydroxylation is 1. The van der Waals surface area contributed by atoms with Gasteiger partial charge in [0, 0.05) is 6.07 Å². The van der Waals surface area contributed by atoms with Crippen LogP contribution < -0.4 is 4.74 Å². The van der Waals surface area contributed by atoms with Crippen LogP contribution in [0.3, 0.4) is 0 Å². The zero-order valence-electron chi connectivity index (χ0n) is 10.7. The molecule has 0 fully saturated rings. The monoisotopic (exact) mass is 247 g/mol. The predicted octanol–water partition coefficient (Wildman–Crippen LogP) is 2.96. The summed E-state index contributed by atoms with van der Waals surface area (Å²) >= 11 is 0. The third kappa shape index (κ3) is 3.34. The lowest BCUT2D eigenvalue weighted by atomic mass is 10.2. The molecule has 0 amide bonds. The number of aromatic nitrogens is 1. The van der Waals surface area contributed by atoms with Gasteiger partial charge in [-0.2, -0.15) is 0 Å². The smallest absolute Gasteiger partial charge is 0.162 e. The van der Waals surface area contributed by atoms with Crippen molar-refractivity contribution in [3.8, 4) is 5.75 Å². The zero-order valence-corrected chi connectivity index (χ0v) is 10.7. The molecule has 1 heterocycles. The molecular weight excluding hydrogens is 230 g/mol. The standard InChI is InChI=1S/C14H17NO3/c1-3-12-8-14(18-15-12)10-17-9-11-4-6-13(16-2)7-5-11/h4-8H,3,9-10H2,1-2H3. The van der Waals surface area contributed by atoms with Gasteiger partial charge in [-0.05, 0) is 24.1 Å². The van der Waals surface area contributed by atoms with Crippen LogP contribution >= 0.6 is 0 Å². The number of nitrogens with zero attached hydrogens (tertiary/aromatic N) is 1. The van der Waals surface area contributed by atoms with E-state index < -0.39 is 0 Å². The maximum absolute atomic E-state index is 5.56.